The maximum absolute atomic E-state index is 11.4. The third-order valence-corrected chi connectivity index (χ3v) is 6.86. The van der Waals surface area contributed by atoms with Crippen LogP contribution in [0.15, 0.2) is 24.3 Å². The number of aromatic nitrogens is 7. The monoisotopic (exact) mass is 522 g/mol. The first-order chi connectivity index (χ1) is 18.0. The number of carboxylic acid groups (broad SMARTS) is 1. The predicted octanol–water partition coefficient (Wildman–Crippen LogP) is 2.87. The van der Waals surface area contributed by atoms with Crippen molar-refractivity contribution in [3.63, 3.8) is 0 Å². The van der Waals surface area contributed by atoms with Gasteiger partial charge in [-0.25, -0.2) is 9.78 Å². The number of aromatic carboxylic acids is 1. The fourth-order valence-electron chi connectivity index (χ4n) is 4.07. The van der Waals surface area contributed by atoms with Crippen LogP contribution in [0.3, 0.4) is 0 Å². The van der Waals surface area contributed by atoms with Gasteiger partial charge in [-0.3, -0.25) is 5.32 Å². The number of anilines is 4. The number of hydrogen-bond acceptors (Lipinski definition) is 12. The molecule has 0 saturated carbocycles. The van der Waals surface area contributed by atoms with Gasteiger partial charge in [0.15, 0.2) is 5.13 Å². The first-order valence-corrected chi connectivity index (χ1v) is 12.6. The van der Waals surface area contributed by atoms with Gasteiger partial charge in [-0.2, -0.15) is 15.2 Å². The number of tetrazole rings is 1. The fourth-order valence-corrected chi connectivity index (χ4v) is 4.87. The highest BCUT2D eigenvalue weighted by molar-refractivity contribution is 7.17. The summed E-state index contributed by atoms with van der Waals surface area (Å²) in [6.07, 6.45) is 0.799. The van der Waals surface area contributed by atoms with Crippen LogP contribution in [0.2, 0.25) is 0 Å². The van der Waals surface area contributed by atoms with Gasteiger partial charge in [-0.05, 0) is 31.0 Å². The molecule has 37 heavy (non-hydrogen) atoms. The van der Waals surface area contributed by atoms with Crippen LogP contribution in [-0.4, -0.2) is 73.0 Å². The minimum Gasteiger partial charge on any atom is -0.477 e. The number of hydrogen-bond donors (Lipinski definition) is 4. The van der Waals surface area contributed by atoms with Crippen molar-refractivity contribution in [2.75, 3.05) is 41.8 Å². The molecule has 1 aromatic carbocycles. The molecule has 0 aliphatic carbocycles. The topological polar surface area (TPSA) is 167 Å². The quantitative estimate of drug-likeness (QED) is 0.213. The smallest absolute Gasteiger partial charge is 0.347 e. The van der Waals surface area contributed by atoms with Crippen LogP contribution in [0, 0.1) is 6.92 Å². The van der Waals surface area contributed by atoms with Gasteiger partial charge in [0.05, 0.1) is 12.3 Å². The van der Waals surface area contributed by atoms with Crippen molar-refractivity contribution in [2.45, 2.75) is 26.8 Å². The Labute approximate surface area is 216 Å². The lowest BCUT2D eigenvalue weighted by molar-refractivity contribution is 0.0701. The van der Waals surface area contributed by atoms with Gasteiger partial charge >= 0.3 is 5.97 Å². The SMILES string of the molecule is CCOCCNc1nc(Nc2nc(C)c(C(=O)O)s2)nc2c1CCN2Cc1ccc(-c2nn[nH]n2)cc1. The lowest BCUT2D eigenvalue weighted by Crippen LogP contribution is -2.21. The molecule has 0 atom stereocenters. The summed E-state index contributed by atoms with van der Waals surface area (Å²) in [7, 11) is 0. The van der Waals surface area contributed by atoms with E-state index in [1.165, 1.54) is 0 Å². The summed E-state index contributed by atoms with van der Waals surface area (Å²) in [5.41, 5.74) is 3.48. The number of aryl methyl sites for hydroxylation is 1. The molecule has 5 rings (SSSR count). The Morgan fingerprint density at radius 2 is 2.08 bits per heavy atom. The van der Waals surface area contributed by atoms with Crippen LogP contribution in [0.1, 0.15) is 33.4 Å². The maximum atomic E-state index is 11.4. The Balaban J connectivity index is 1.39. The molecular formula is C23H26N10O3S. The number of nitrogens with zero attached hydrogens (tertiary/aromatic N) is 7. The third-order valence-electron chi connectivity index (χ3n) is 5.80. The molecule has 3 aromatic heterocycles. The number of ether oxygens (including phenoxy) is 1. The lowest BCUT2D eigenvalue weighted by Gasteiger charge is -2.20. The number of carboxylic acids is 1. The van der Waals surface area contributed by atoms with Crippen LogP contribution in [0.5, 0.6) is 0 Å². The number of aromatic amines is 1. The number of benzene rings is 1. The summed E-state index contributed by atoms with van der Waals surface area (Å²) in [5, 5.41) is 30.4. The second-order valence-electron chi connectivity index (χ2n) is 8.29. The minimum absolute atomic E-state index is 0.185. The van der Waals surface area contributed by atoms with E-state index >= 15 is 0 Å². The van der Waals surface area contributed by atoms with Gasteiger partial charge in [0.1, 0.15) is 16.5 Å². The molecular weight excluding hydrogens is 496 g/mol. The van der Waals surface area contributed by atoms with Gasteiger partial charge in [0.25, 0.3) is 0 Å². The molecule has 1 aliphatic heterocycles. The van der Waals surface area contributed by atoms with E-state index in [1.807, 2.05) is 31.2 Å². The predicted molar refractivity (Wildman–Crippen MR) is 138 cm³/mol. The van der Waals surface area contributed by atoms with Crippen molar-refractivity contribution in [3.05, 3.63) is 46.0 Å². The van der Waals surface area contributed by atoms with Crippen molar-refractivity contribution in [1.82, 2.24) is 35.6 Å². The Morgan fingerprint density at radius 3 is 2.78 bits per heavy atom. The molecule has 14 heteroatoms. The van der Waals surface area contributed by atoms with Crippen molar-refractivity contribution in [2.24, 2.45) is 0 Å². The highest BCUT2D eigenvalue weighted by Gasteiger charge is 2.26. The van der Waals surface area contributed by atoms with Crippen LogP contribution in [0.25, 0.3) is 11.4 Å². The molecule has 0 radical (unpaired) electrons. The highest BCUT2D eigenvalue weighted by Crippen LogP contribution is 2.34. The van der Waals surface area contributed by atoms with Gasteiger partial charge < -0.3 is 20.1 Å². The molecule has 0 amide bonds. The summed E-state index contributed by atoms with van der Waals surface area (Å²) in [5.74, 6) is 1.45. The second-order valence-corrected chi connectivity index (χ2v) is 9.29. The minimum atomic E-state index is -1.01. The molecule has 0 spiro atoms. The largest absolute Gasteiger partial charge is 0.477 e. The molecule has 0 bridgehead atoms. The lowest BCUT2D eigenvalue weighted by atomic mass is 10.1. The van der Waals surface area contributed by atoms with Gasteiger partial charge in [-0.1, -0.05) is 35.6 Å². The molecule has 4 aromatic rings. The number of carbonyl (C=O) groups is 1. The maximum Gasteiger partial charge on any atom is 0.347 e. The van der Waals surface area contributed by atoms with Crippen molar-refractivity contribution < 1.29 is 14.6 Å². The molecule has 1 aliphatic rings. The molecule has 13 nitrogen and oxygen atoms in total. The fraction of sp³-hybridized carbons (Fsp3) is 0.348. The molecule has 0 fully saturated rings. The first kappa shape index (κ1) is 24.5. The Morgan fingerprint density at radius 1 is 1.24 bits per heavy atom. The van der Waals surface area contributed by atoms with E-state index < -0.39 is 5.97 Å². The number of nitrogens with one attached hydrogen (secondary N) is 3. The number of thiazole rings is 1. The van der Waals surface area contributed by atoms with Gasteiger partial charge in [0, 0.05) is 37.4 Å². The summed E-state index contributed by atoms with van der Waals surface area (Å²) in [6.45, 7) is 6.88. The van der Waals surface area contributed by atoms with Crippen LogP contribution in [-0.2, 0) is 17.7 Å². The normalized spacial score (nSPS) is 12.5. The standard InChI is InChI=1S/C23H26N10O3S/c1-3-36-11-9-24-19-16-8-10-33(12-14-4-6-15(7-5-14)18-29-31-32-30-18)20(16)27-22(26-19)28-23-25-13(2)17(37-23)21(34)35/h4-7H,3,8-12H2,1-2H3,(H,34,35)(H,29,30,31,32)(H2,24,25,26,27,28). The summed E-state index contributed by atoms with van der Waals surface area (Å²) in [4.78, 5) is 27.6. The second kappa shape index (κ2) is 10.8. The summed E-state index contributed by atoms with van der Waals surface area (Å²) >= 11 is 1.06. The van der Waals surface area contributed by atoms with E-state index in [1.54, 1.807) is 6.92 Å². The van der Waals surface area contributed by atoms with Gasteiger partial charge in [-0.15, -0.1) is 10.2 Å². The molecule has 4 heterocycles. The van der Waals surface area contributed by atoms with E-state index in [2.05, 4.69) is 46.1 Å². The average Bonchev–Trinajstić information content (AvgIpc) is 3.63. The molecule has 192 valence electrons. The summed E-state index contributed by atoms with van der Waals surface area (Å²) in [6, 6.07) is 8.01. The molecule has 0 unspecified atom stereocenters. The van der Waals surface area contributed by atoms with Crippen molar-refractivity contribution in [3.8, 4) is 11.4 Å². The Kier molecular flexibility index (Phi) is 7.18. The van der Waals surface area contributed by atoms with E-state index in [0.717, 1.165) is 52.6 Å². The van der Waals surface area contributed by atoms with Gasteiger partial charge in [0.2, 0.25) is 11.8 Å². The zero-order valence-corrected chi connectivity index (χ0v) is 21.2. The van der Waals surface area contributed by atoms with E-state index in [9.17, 15) is 9.90 Å². The third kappa shape index (κ3) is 5.49. The molecule has 4 N–H and O–H groups in total. The number of fused-ring (bicyclic) bond motifs is 1. The van der Waals surface area contributed by atoms with E-state index in [0.29, 0.717) is 48.9 Å². The zero-order valence-electron chi connectivity index (χ0n) is 20.4. The van der Waals surface area contributed by atoms with Crippen LogP contribution >= 0.6 is 11.3 Å². The van der Waals surface area contributed by atoms with Crippen LogP contribution < -0.4 is 15.5 Å². The molecule has 0 saturated heterocycles. The highest BCUT2D eigenvalue weighted by atomic mass is 32.1. The Hall–Kier alpha value is -4.17. The van der Waals surface area contributed by atoms with Crippen molar-refractivity contribution in [1.29, 1.82) is 0 Å². The summed E-state index contributed by atoms with van der Waals surface area (Å²) < 4.78 is 5.46. The number of rotatable bonds is 11. The Bertz CT molecular complexity index is 1370. The average molecular weight is 523 g/mol. The van der Waals surface area contributed by atoms with E-state index in [4.69, 9.17) is 9.72 Å². The van der Waals surface area contributed by atoms with Crippen LogP contribution in [0.4, 0.5) is 22.7 Å². The van der Waals surface area contributed by atoms with E-state index in [-0.39, 0.29) is 4.88 Å². The number of H-pyrrole nitrogens is 1. The van der Waals surface area contributed by atoms with Crippen molar-refractivity contribution >= 4 is 40.0 Å². The first-order valence-electron chi connectivity index (χ1n) is 11.8. The zero-order chi connectivity index (χ0) is 25.8.